The Labute approximate surface area is 73.8 Å². The van der Waals surface area contributed by atoms with Crippen LogP contribution in [-0.4, -0.2) is 25.3 Å². The van der Waals surface area contributed by atoms with Gasteiger partial charge in [-0.15, -0.1) is 0 Å². The molecule has 0 N–H and O–H groups in total. The molecule has 0 spiro atoms. The molecule has 0 bridgehead atoms. The highest BCUT2D eigenvalue weighted by Gasteiger charge is 1.93. The molecule has 0 fully saturated rings. The summed E-state index contributed by atoms with van der Waals surface area (Å²) in [5.74, 6) is 0.741. The third-order valence-corrected chi connectivity index (χ3v) is 1.44. The van der Waals surface area contributed by atoms with Gasteiger partial charge in [0.15, 0.2) is 4.67 Å². The van der Waals surface area contributed by atoms with Gasteiger partial charge in [0.2, 0.25) is 0 Å². The average Bonchev–Trinajstić information content (AvgIpc) is 2.31. The van der Waals surface area contributed by atoms with Crippen molar-refractivity contribution in [2.45, 2.75) is 0 Å². The van der Waals surface area contributed by atoms with E-state index in [0.29, 0.717) is 0 Å². The topological polar surface area (TPSA) is 28.7 Å². The molecular formula is C7H9BrN2O. The zero-order valence-corrected chi connectivity index (χ0v) is 8.00. The largest absolute Gasteiger partial charge is 0.448 e. The van der Waals surface area contributed by atoms with Gasteiger partial charge in [0.05, 0.1) is 6.21 Å². The van der Waals surface area contributed by atoms with Crippen LogP contribution in [0.5, 0.6) is 0 Å². The standard InChI is InChI=1S/C7H9BrN2O/c1-10(2)9-5-6-3-4-7(8)11-6/h3-5H,1-2H3/b9-5+. The van der Waals surface area contributed by atoms with Crippen LogP contribution in [0, 0.1) is 0 Å². The number of furan rings is 1. The predicted octanol–water partition coefficient (Wildman–Crippen LogP) is 1.94. The van der Waals surface area contributed by atoms with Crippen LogP contribution >= 0.6 is 15.9 Å². The summed E-state index contributed by atoms with van der Waals surface area (Å²) in [7, 11) is 3.71. The lowest BCUT2D eigenvalue weighted by Gasteiger charge is -2.00. The Bertz CT molecular complexity index is 255. The molecule has 0 radical (unpaired) electrons. The molecular weight excluding hydrogens is 208 g/mol. The van der Waals surface area contributed by atoms with Crippen molar-refractivity contribution in [3.8, 4) is 0 Å². The van der Waals surface area contributed by atoms with E-state index < -0.39 is 0 Å². The third-order valence-electron chi connectivity index (χ3n) is 1.01. The second kappa shape index (κ2) is 3.57. The van der Waals surface area contributed by atoms with Gasteiger partial charge in [-0.3, -0.25) is 0 Å². The SMILES string of the molecule is CN(C)/N=C/c1ccc(Br)o1. The lowest BCUT2D eigenvalue weighted by Crippen LogP contribution is -2.01. The molecule has 0 atom stereocenters. The summed E-state index contributed by atoms with van der Waals surface area (Å²) in [4.78, 5) is 0. The summed E-state index contributed by atoms with van der Waals surface area (Å²) < 4.78 is 5.89. The summed E-state index contributed by atoms with van der Waals surface area (Å²) in [6.07, 6.45) is 1.66. The van der Waals surface area contributed by atoms with Gasteiger partial charge in [-0.25, -0.2) is 0 Å². The molecule has 1 aromatic rings. The van der Waals surface area contributed by atoms with E-state index >= 15 is 0 Å². The van der Waals surface area contributed by atoms with Crippen molar-refractivity contribution >= 4 is 22.1 Å². The summed E-state index contributed by atoms with van der Waals surface area (Å²) in [6, 6.07) is 3.67. The number of halogens is 1. The fraction of sp³-hybridized carbons (Fsp3) is 0.286. The van der Waals surface area contributed by atoms with Crippen molar-refractivity contribution in [2.75, 3.05) is 14.1 Å². The van der Waals surface area contributed by atoms with Crippen LogP contribution in [-0.2, 0) is 0 Å². The van der Waals surface area contributed by atoms with Gasteiger partial charge in [-0.1, -0.05) is 0 Å². The average molecular weight is 217 g/mol. The van der Waals surface area contributed by atoms with E-state index in [-0.39, 0.29) is 0 Å². The molecule has 1 aromatic heterocycles. The van der Waals surface area contributed by atoms with E-state index in [1.54, 1.807) is 11.2 Å². The monoisotopic (exact) mass is 216 g/mol. The first-order valence-electron chi connectivity index (χ1n) is 3.15. The van der Waals surface area contributed by atoms with Crippen LogP contribution in [0.25, 0.3) is 0 Å². The lowest BCUT2D eigenvalue weighted by molar-refractivity contribution is 0.437. The van der Waals surface area contributed by atoms with Gasteiger partial charge in [-0.05, 0) is 28.1 Å². The van der Waals surface area contributed by atoms with Gasteiger partial charge >= 0.3 is 0 Å². The minimum Gasteiger partial charge on any atom is -0.448 e. The molecule has 0 aromatic carbocycles. The van der Waals surface area contributed by atoms with Gasteiger partial charge in [-0.2, -0.15) is 5.10 Å². The minimum atomic E-state index is 0.720. The molecule has 0 unspecified atom stereocenters. The highest BCUT2D eigenvalue weighted by Crippen LogP contribution is 2.12. The molecule has 0 aliphatic heterocycles. The van der Waals surface area contributed by atoms with Gasteiger partial charge < -0.3 is 9.43 Å². The number of rotatable bonds is 2. The molecule has 1 rings (SSSR count). The van der Waals surface area contributed by atoms with E-state index in [2.05, 4.69) is 21.0 Å². The third kappa shape index (κ3) is 2.76. The lowest BCUT2D eigenvalue weighted by atomic mass is 10.5. The Kier molecular flexibility index (Phi) is 2.70. The first-order chi connectivity index (χ1) is 5.18. The first-order valence-corrected chi connectivity index (χ1v) is 3.94. The summed E-state index contributed by atoms with van der Waals surface area (Å²) >= 11 is 3.20. The summed E-state index contributed by atoms with van der Waals surface area (Å²) in [5.41, 5.74) is 0. The molecule has 4 heteroatoms. The van der Waals surface area contributed by atoms with Gasteiger partial charge in [0.1, 0.15) is 5.76 Å². The molecule has 11 heavy (non-hydrogen) atoms. The number of hydrogen-bond acceptors (Lipinski definition) is 3. The molecule has 0 aliphatic carbocycles. The van der Waals surface area contributed by atoms with E-state index in [1.165, 1.54) is 0 Å². The highest BCUT2D eigenvalue weighted by atomic mass is 79.9. The van der Waals surface area contributed by atoms with Gasteiger partial charge in [0, 0.05) is 14.1 Å². The Morgan fingerprint density at radius 1 is 1.55 bits per heavy atom. The van der Waals surface area contributed by atoms with Crippen molar-refractivity contribution in [1.29, 1.82) is 0 Å². The zero-order chi connectivity index (χ0) is 8.27. The van der Waals surface area contributed by atoms with Crippen LogP contribution < -0.4 is 0 Å². The van der Waals surface area contributed by atoms with Crippen molar-refractivity contribution in [3.05, 3.63) is 22.6 Å². The van der Waals surface area contributed by atoms with E-state index in [4.69, 9.17) is 4.42 Å². The highest BCUT2D eigenvalue weighted by molar-refractivity contribution is 9.10. The maximum atomic E-state index is 5.17. The fourth-order valence-electron chi connectivity index (χ4n) is 0.570. The molecule has 0 saturated heterocycles. The van der Waals surface area contributed by atoms with Crippen LogP contribution in [0.3, 0.4) is 0 Å². The molecule has 60 valence electrons. The van der Waals surface area contributed by atoms with E-state index in [0.717, 1.165) is 10.4 Å². The molecule has 0 aliphatic rings. The normalized spacial score (nSPS) is 10.8. The summed E-state index contributed by atoms with van der Waals surface area (Å²) in [5, 5.41) is 5.71. The zero-order valence-electron chi connectivity index (χ0n) is 6.41. The number of nitrogens with zero attached hydrogens (tertiary/aromatic N) is 2. The first kappa shape index (κ1) is 8.33. The second-order valence-electron chi connectivity index (χ2n) is 2.23. The van der Waals surface area contributed by atoms with Gasteiger partial charge in [0.25, 0.3) is 0 Å². The second-order valence-corrected chi connectivity index (χ2v) is 3.02. The Morgan fingerprint density at radius 3 is 2.73 bits per heavy atom. The van der Waals surface area contributed by atoms with Crippen molar-refractivity contribution in [3.63, 3.8) is 0 Å². The molecule has 0 amide bonds. The minimum absolute atomic E-state index is 0.720. The Balaban J connectivity index is 2.64. The fourth-order valence-corrected chi connectivity index (χ4v) is 0.889. The van der Waals surface area contributed by atoms with Crippen LogP contribution in [0.15, 0.2) is 26.3 Å². The smallest absolute Gasteiger partial charge is 0.169 e. The quantitative estimate of drug-likeness (QED) is 0.559. The van der Waals surface area contributed by atoms with Crippen LogP contribution in [0.4, 0.5) is 0 Å². The van der Waals surface area contributed by atoms with Crippen molar-refractivity contribution in [2.24, 2.45) is 5.10 Å². The van der Waals surface area contributed by atoms with E-state index in [1.807, 2.05) is 26.2 Å². The van der Waals surface area contributed by atoms with E-state index in [9.17, 15) is 0 Å². The van der Waals surface area contributed by atoms with Crippen LogP contribution in [0.2, 0.25) is 0 Å². The predicted molar refractivity (Wildman–Crippen MR) is 47.7 cm³/mol. The van der Waals surface area contributed by atoms with Crippen molar-refractivity contribution in [1.82, 2.24) is 5.01 Å². The maximum absolute atomic E-state index is 5.17. The maximum Gasteiger partial charge on any atom is 0.169 e. The Hall–Kier alpha value is -0.770. The van der Waals surface area contributed by atoms with Crippen molar-refractivity contribution < 1.29 is 4.42 Å². The molecule has 3 nitrogen and oxygen atoms in total. The Morgan fingerprint density at radius 2 is 2.27 bits per heavy atom. The summed E-state index contributed by atoms with van der Waals surface area (Å²) in [6.45, 7) is 0. The molecule has 0 saturated carbocycles. The molecule has 1 heterocycles. The number of hydrogen-bond donors (Lipinski definition) is 0. The van der Waals surface area contributed by atoms with Crippen LogP contribution in [0.1, 0.15) is 5.76 Å². The number of hydrazone groups is 1.